The number of imidazole rings is 1. The minimum Gasteiger partial charge on any atom is -0.479 e. The van der Waals surface area contributed by atoms with E-state index in [0.29, 0.717) is 26.1 Å². The van der Waals surface area contributed by atoms with Crippen molar-refractivity contribution in [2.75, 3.05) is 45.8 Å². The van der Waals surface area contributed by atoms with E-state index in [1.165, 1.54) is 17.7 Å². The molecular weight excluding hydrogens is 513 g/mol. The summed E-state index contributed by atoms with van der Waals surface area (Å²) >= 11 is 0. The van der Waals surface area contributed by atoms with Gasteiger partial charge in [0.1, 0.15) is 17.2 Å². The standard InChI is InChI=1S/C24H26F5N7O2/c1-37-6-5-34-4-3-17(15(26)9-34)31-24-32-23(38-2)22-20(16(27)10-36(22)33-24)13-7-14(25)21-18(8-13)35(12-30-21)11-19(28)29/h7-8,10,12,15,17,19H,3-6,9,11H2,1-2H3,(H,31,33)/t15-,17+/m1/s1. The molecule has 1 aromatic carbocycles. The number of hydrogen-bond donors (Lipinski definition) is 1. The number of piperidine rings is 1. The van der Waals surface area contributed by atoms with Gasteiger partial charge in [-0.05, 0) is 24.1 Å². The van der Waals surface area contributed by atoms with Gasteiger partial charge in [0.15, 0.2) is 11.6 Å². The molecule has 14 heteroatoms. The second kappa shape index (κ2) is 10.7. The number of likely N-dealkylation sites (tertiary alicyclic amines) is 1. The molecular formula is C24H26F5N7O2. The molecule has 0 unspecified atom stereocenters. The zero-order chi connectivity index (χ0) is 27.0. The molecule has 5 rings (SSSR count). The van der Waals surface area contributed by atoms with E-state index in [4.69, 9.17) is 9.47 Å². The van der Waals surface area contributed by atoms with Crippen LogP contribution in [0.5, 0.6) is 5.88 Å². The van der Waals surface area contributed by atoms with Crippen LogP contribution < -0.4 is 10.1 Å². The minimum atomic E-state index is -2.69. The van der Waals surface area contributed by atoms with Crippen LogP contribution in [0.25, 0.3) is 27.7 Å². The van der Waals surface area contributed by atoms with Crippen LogP contribution >= 0.6 is 0 Å². The van der Waals surface area contributed by atoms with Crippen molar-refractivity contribution in [2.24, 2.45) is 0 Å². The highest BCUT2D eigenvalue weighted by atomic mass is 19.3. The van der Waals surface area contributed by atoms with E-state index in [1.807, 2.05) is 4.90 Å². The molecule has 1 aliphatic heterocycles. The summed E-state index contributed by atoms with van der Waals surface area (Å²) < 4.78 is 83.7. The number of anilines is 1. The number of aromatic nitrogens is 5. The summed E-state index contributed by atoms with van der Waals surface area (Å²) in [5, 5.41) is 7.26. The molecule has 204 valence electrons. The second-order valence-electron chi connectivity index (χ2n) is 9.05. The lowest BCUT2D eigenvalue weighted by Gasteiger charge is -2.34. The number of rotatable bonds is 9. The van der Waals surface area contributed by atoms with Gasteiger partial charge < -0.3 is 19.4 Å². The summed E-state index contributed by atoms with van der Waals surface area (Å²) in [4.78, 5) is 10.1. The molecule has 4 heterocycles. The molecule has 2 atom stereocenters. The maximum Gasteiger partial charge on any atom is 0.256 e. The molecule has 38 heavy (non-hydrogen) atoms. The molecule has 0 amide bonds. The molecule has 9 nitrogen and oxygen atoms in total. The highest BCUT2D eigenvalue weighted by Crippen LogP contribution is 2.36. The van der Waals surface area contributed by atoms with Gasteiger partial charge in [0.2, 0.25) is 11.8 Å². The monoisotopic (exact) mass is 539 g/mol. The van der Waals surface area contributed by atoms with Crippen molar-refractivity contribution in [3.63, 3.8) is 0 Å². The van der Waals surface area contributed by atoms with Crippen molar-refractivity contribution >= 4 is 22.5 Å². The highest BCUT2D eigenvalue weighted by molar-refractivity contribution is 5.90. The minimum absolute atomic E-state index is 0.0315. The molecule has 0 aliphatic carbocycles. The topological polar surface area (TPSA) is 81.7 Å². The molecule has 0 spiro atoms. The SMILES string of the molecule is COCCN1CC[C@H](Nc2nc(OC)c3c(-c4cc(F)c5ncn(CC(F)F)c5c4)c(F)cn3n2)[C@H](F)C1. The number of fused-ring (bicyclic) bond motifs is 2. The fourth-order valence-corrected chi connectivity index (χ4v) is 4.78. The number of halogens is 5. The van der Waals surface area contributed by atoms with Gasteiger partial charge in [-0.2, -0.15) is 4.98 Å². The first-order valence-electron chi connectivity index (χ1n) is 12.0. The van der Waals surface area contributed by atoms with E-state index in [0.717, 1.165) is 23.2 Å². The zero-order valence-electron chi connectivity index (χ0n) is 20.7. The fraction of sp³-hybridized carbons (Fsp3) is 0.458. The first kappa shape index (κ1) is 26.1. The summed E-state index contributed by atoms with van der Waals surface area (Å²) in [7, 11) is 2.92. The molecule has 3 aromatic heterocycles. The van der Waals surface area contributed by atoms with Gasteiger partial charge in [-0.25, -0.2) is 31.5 Å². The van der Waals surface area contributed by atoms with Gasteiger partial charge in [-0.3, -0.25) is 4.90 Å². The number of nitrogens with one attached hydrogen (secondary N) is 1. The van der Waals surface area contributed by atoms with Crippen molar-refractivity contribution in [2.45, 2.75) is 31.6 Å². The van der Waals surface area contributed by atoms with Crippen LogP contribution in [0, 0.1) is 11.6 Å². The number of benzene rings is 1. The van der Waals surface area contributed by atoms with Crippen LogP contribution in [-0.2, 0) is 11.3 Å². The quantitative estimate of drug-likeness (QED) is 0.325. The van der Waals surface area contributed by atoms with E-state index in [9.17, 15) is 17.6 Å². The van der Waals surface area contributed by atoms with Crippen LogP contribution in [0.3, 0.4) is 0 Å². The normalized spacial score (nSPS) is 18.6. The first-order chi connectivity index (χ1) is 18.3. The third-order valence-electron chi connectivity index (χ3n) is 6.60. The van der Waals surface area contributed by atoms with Crippen LogP contribution in [0.1, 0.15) is 6.42 Å². The third kappa shape index (κ3) is 4.97. The van der Waals surface area contributed by atoms with E-state index < -0.39 is 36.8 Å². The average Bonchev–Trinajstić information content (AvgIpc) is 3.43. The summed E-state index contributed by atoms with van der Waals surface area (Å²) in [5.74, 6) is -1.56. The van der Waals surface area contributed by atoms with Gasteiger partial charge in [-0.15, -0.1) is 5.10 Å². The van der Waals surface area contributed by atoms with E-state index in [-0.39, 0.29) is 46.1 Å². The number of ether oxygens (including phenoxy) is 2. The lowest BCUT2D eigenvalue weighted by atomic mass is 10.0. The molecule has 1 aliphatic rings. The van der Waals surface area contributed by atoms with Crippen molar-refractivity contribution in [1.29, 1.82) is 0 Å². The largest absolute Gasteiger partial charge is 0.479 e. The lowest BCUT2D eigenvalue weighted by molar-refractivity contribution is 0.0918. The molecule has 0 radical (unpaired) electrons. The summed E-state index contributed by atoms with van der Waals surface area (Å²) in [6.45, 7) is 1.31. The Morgan fingerprint density at radius 3 is 2.71 bits per heavy atom. The van der Waals surface area contributed by atoms with E-state index in [2.05, 4.69) is 20.4 Å². The predicted molar refractivity (Wildman–Crippen MR) is 129 cm³/mol. The van der Waals surface area contributed by atoms with Gasteiger partial charge in [0.25, 0.3) is 6.43 Å². The number of hydrogen-bond acceptors (Lipinski definition) is 7. The summed E-state index contributed by atoms with van der Waals surface area (Å²) in [5.41, 5.74) is 0.0697. The van der Waals surface area contributed by atoms with Crippen molar-refractivity contribution < 1.29 is 31.4 Å². The molecule has 1 fully saturated rings. The van der Waals surface area contributed by atoms with Gasteiger partial charge in [0, 0.05) is 26.7 Å². The Hall–Kier alpha value is -3.52. The number of methoxy groups -OCH3 is 2. The van der Waals surface area contributed by atoms with Crippen LogP contribution in [-0.4, -0.2) is 88.1 Å². The lowest BCUT2D eigenvalue weighted by Crippen LogP contribution is -2.48. The van der Waals surface area contributed by atoms with Crippen molar-refractivity contribution in [1.82, 2.24) is 29.0 Å². The maximum atomic E-state index is 15.3. The predicted octanol–water partition coefficient (Wildman–Crippen LogP) is 3.77. The van der Waals surface area contributed by atoms with Crippen LogP contribution in [0.15, 0.2) is 24.7 Å². The molecule has 1 saturated heterocycles. The van der Waals surface area contributed by atoms with Crippen molar-refractivity contribution in [3.8, 4) is 17.0 Å². The molecule has 0 bridgehead atoms. The Morgan fingerprint density at radius 2 is 2.00 bits per heavy atom. The highest BCUT2D eigenvalue weighted by Gasteiger charge is 2.30. The average molecular weight is 540 g/mol. The molecule has 0 saturated carbocycles. The fourth-order valence-electron chi connectivity index (χ4n) is 4.78. The van der Waals surface area contributed by atoms with Gasteiger partial charge in [0.05, 0.1) is 49.9 Å². The summed E-state index contributed by atoms with van der Waals surface area (Å²) in [6, 6.07) is 1.88. The first-order valence-corrected chi connectivity index (χ1v) is 12.0. The van der Waals surface area contributed by atoms with Gasteiger partial charge in [-0.1, -0.05) is 0 Å². The van der Waals surface area contributed by atoms with Crippen LogP contribution in [0.4, 0.5) is 27.9 Å². The molecule has 4 aromatic rings. The number of nitrogens with zero attached hydrogens (tertiary/aromatic N) is 6. The van der Waals surface area contributed by atoms with Crippen molar-refractivity contribution in [3.05, 3.63) is 36.3 Å². The Morgan fingerprint density at radius 1 is 1.18 bits per heavy atom. The van der Waals surface area contributed by atoms with Crippen LogP contribution in [0.2, 0.25) is 0 Å². The summed E-state index contributed by atoms with van der Waals surface area (Å²) in [6.07, 6.45) is -1.22. The van der Waals surface area contributed by atoms with E-state index >= 15 is 4.39 Å². The Labute approximate surface area is 214 Å². The molecule has 1 N–H and O–H groups in total. The maximum absolute atomic E-state index is 15.3. The Bertz CT molecular complexity index is 1440. The smallest absolute Gasteiger partial charge is 0.256 e. The Balaban J connectivity index is 1.49. The third-order valence-corrected chi connectivity index (χ3v) is 6.60. The van der Waals surface area contributed by atoms with E-state index in [1.54, 1.807) is 7.11 Å². The zero-order valence-corrected chi connectivity index (χ0v) is 20.7. The Kier molecular flexibility index (Phi) is 7.34. The number of alkyl halides is 3. The second-order valence-corrected chi connectivity index (χ2v) is 9.05. The van der Waals surface area contributed by atoms with Gasteiger partial charge >= 0.3 is 0 Å².